The molecule has 0 fully saturated rings. The topological polar surface area (TPSA) is 64.6 Å². The molecule has 3 N–H and O–H groups in total. The number of hydrogen-bond donors (Lipinski definition) is 3. The minimum absolute atomic E-state index is 0.310. The van der Waals surface area contributed by atoms with Gasteiger partial charge in [0, 0.05) is 5.56 Å². The Kier molecular flexibility index (Phi) is 7.20. The second-order valence-corrected chi connectivity index (χ2v) is 5.93. The molecule has 2 aromatic carbocycles. The molecule has 0 aromatic heterocycles. The molecule has 0 bridgehead atoms. The van der Waals surface area contributed by atoms with Crippen LogP contribution in [0, 0.1) is 0 Å². The Morgan fingerprint density at radius 1 is 1.08 bits per heavy atom. The van der Waals surface area contributed by atoms with Crippen molar-refractivity contribution in [1.82, 2.24) is 15.7 Å². The molecular weight excluding hydrogens is 340 g/mol. The molecule has 0 aliphatic carbocycles. The highest BCUT2D eigenvalue weighted by Gasteiger charge is 2.29. The Bertz CT molecular complexity index is 692. The Morgan fingerprint density at radius 2 is 1.65 bits per heavy atom. The molecule has 0 spiro atoms. The Morgan fingerprint density at radius 3 is 2.15 bits per heavy atom. The maximum Gasteiger partial charge on any atom is 0.255 e. The molecule has 0 heterocycles. The summed E-state index contributed by atoms with van der Waals surface area (Å²) in [5, 5.41) is 11.9. The van der Waals surface area contributed by atoms with Crippen LogP contribution in [0.2, 0.25) is 0 Å². The zero-order valence-corrected chi connectivity index (χ0v) is 14.7. The number of nitrogens with one attached hydrogen (secondary N) is 2. The maximum absolute atomic E-state index is 13.0. The molecule has 2 atom stereocenters. The van der Waals surface area contributed by atoms with Crippen molar-refractivity contribution in [1.29, 1.82) is 0 Å². The van der Waals surface area contributed by atoms with Crippen molar-refractivity contribution < 1.29 is 18.8 Å². The van der Waals surface area contributed by atoms with Gasteiger partial charge >= 0.3 is 0 Å². The lowest BCUT2D eigenvalue weighted by atomic mass is 10.0. The number of benzene rings is 2. The third-order valence-electron chi connectivity index (χ3n) is 4.26. The van der Waals surface area contributed by atoms with Gasteiger partial charge in [-0.1, -0.05) is 42.5 Å². The van der Waals surface area contributed by atoms with Gasteiger partial charge in [-0.05, 0) is 37.2 Å². The smallest absolute Gasteiger partial charge is 0.255 e. The molecule has 0 aliphatic heterocycles. The zero-order valence-electron chi connectivity index (χ0n) is 14.7. The molecule has 140 valence electrons. The molecule has 0 saturated heterocycles. The first-order valence-corrected chi connectivity index (χ1v) is 8.29. The second kappa shape index (κ2) is 9.38. The zero-order chi connectivity index (χ0) is 19.1. The number of likely N-dealkylation sites (N-methyl/N-ethyl adjacent to an activating group) is 1. The minimum atomic E-state index is -2.68. The molecule has 5 nitrogen and oxygen atoms in total. The first-order valence-electron chi connectivity index (χ1n) is 8.29. The number of carbonyl (C=O) groups excluding carboxylic acids is 1. The van der Waals surface area contributed by atoms with Gasteiger partial charge in [-0.2, -0.15) is 5.48 Å². The van der Waals surface area contributed by atoms with Crippen molar-refractivity contribution in [2.75, 3.05) is 13.6 Å². The highest BCUT2D eigenvalue weighted by molar-refractivity contribution is 5.95. The summed E-state index contributed by atoms with van der Waals surface area (Å²) in [6.45, 7) is 0.864. The lowest BCUT2D eigenvalue weighted by Crippen LogP contribution is -2.56. The number of rotatable bonds is 8. The van der Waals surface area contributed by atoms with E-state index in [2.05, 4.69) is 5.32 Å². The fraction of sp³-hybridized carbons (Fsp3) is 0.316. The van der Waals surface area contributed by atoms with Crippen molar-refractivity contribution in [2.45, 2.75) is 25.6 Å². The predicted molar refractivity (Wildman–Crippen MR) is 96.2 cm³/mol. The third-order valence-corrected chi connectivity index (χ3v) is 4.26. The molecule has 2 aromatic rings. The van der Waals surface area contributed by atoms with Crippen molar-refractivity contribution in [3.05, 3.63) is 60.2 Å². The minimum Gasteiger partial charge on any atom is -0.327 e. The fourth-order valence-corrected chi connectivity index (χ4v) is 2.78. The van der Waals surface area contributed by atoms with Gasteiger partial charge in [0.25, 0.3) is 12.3 Å². The van der Waals surface area contributed by atoms with Gasteiger partial charge < -0.3 is 15.4 Å². The average molecular weight is 363 g/mol. The van der Waals surface area contributed by atoms with Crippen molar-refractivity contribution in [3.63, 3.8) is 0 Å². The predicted octanol–water partition coefficient (Wildman–Crippen LogP) is 2.97. The van der Waals surface area contributed by atoms with E-state index in [1.54, 1.807) is 38.2 Å². The van der Waals surface area contributed by atoms with E-state index in [4.69, 9.17) is 5.21 Å². The normalized spacial score (nSPS) is 13.5. The average Bonchev–Trinajstić information content (AvgIpc) is 2.67. The molecule has 7 heteroatoms. The number of amides is 1. The van der Waals surface area contributed by atoms with Gasteiger partial charge in [0.05, 0.1) is 12.6 Å². The van der Waals surface area contributed by atoms with E-state index in [1.807, 2.05) is 35.8 Å². The SMILES string of the molecule is CNC(NO)C(C)N(CC(F)F)C(=O)c1ccc(-c2ccccc2)cc1. The molecule has 0 aliphatic rings. The highest BCUT2D eigenvalue weighted by atomic mass is 19.3. The summed E-state index contributed by atoms with van der Waals surface area (Å²) >= 11 is 0. The number of hydrogen-bond acceptors (Lipinski definition) is 4. The first kappa shape index (κ1) is 20.0. The van der Waals surface area contributed by atoms with Crippen LogP contribution in [0.1, 0.15) is 17.3 Å². The van der Waals surface area contributed by atoms with Crippen LogP contribution in [0.25, 0.3) is 11.1 Å². The van der Waals surface area contributed by atoms with Crippen LogP contribution < -0.4 is 10.8 Å². The van der Waals surface area contributed by atoms with Crippen LogP contribution >= 0.6 is 0 Å². The second-order valence-electron chi connectivity index (χ2n) is 5.93. The monoisotopic (exact) mass is 363 g/mol. The fourth-order valence-electron chi connectivity index (χ4n) is 2.78. The van der Waals surface area contributed by atoms with Crippen molar-refractivity contribution in [2.24, 2.45) is 0 Å². The molecule has 1 amide bonds. The van der Waals surface area contributed by atoms with Gasteiger partial charge in [-0.25, -0.2) is 8.78 Å². The standard InChI is InChI=1S/C19H23F2N3O2/c1-13(18(22-2)23-26)24(12-17(20)21)19(25)16-10-8-15(9-11-16)14-6-4-3-5-7-14/h3-11,13,17-18,22-23,26H,12H2,1-2H3. The molecule has 2 unspecified atom stereocenters. The molecule has 26 heavy (non-hydrogen) atoms. The summed E-state index contributed by atoms with van der Waals surface area (Å²) < 4.78 is 26.0. The van der Waals surface area contributed by atoms with Crippen molar-refractivity contribution >= 4 is 5.91 Å². The third kappa shape index (κ3) is 4.85. The summed E-state index contributed by atoms with van der Waals surface area (Å²) in [6.07, 6.45) is -3.41. The van der Waals surface area contributed by atoms with Gasteiger partial charge in [0.1, 0.15) is 6.17 Å². The number of alkyl halides is 2. The molecule has 2 rings (SSSR count). The van der Waals surface area contributed by atoms with E-state index in [0.717, 1.165) is 16.0 Å². The number of hydroxylamine groups is 1. The molecule has 0 radical (unpaired) electrons. The highest BCUT2D eigenvalue weighted by Crippen LogP contribution is 2.20. The van der Waals surface area contributed by atoms with E-state index in [1.165, 1.54) is 0 Å². The van der Waals surface area contributed by atoms with E-state index in [0.29, 0.717) is 5.56 Å². The summed E-state index contributed by atoms with van der Waals surface area (Å²) in [4.78, 5) is 13.8. The summed E-state index contributed by atoms with van der Waals surface area (Å²) in [5.74, 6) is -0.520. The van der Waals surface area contributed by atoms with Crippen LogP contribution in [-0.4, -0.2) is 48.2 Å². The largest absolute Gasteiger partial charge is 0.327 e. The number of halogens is 2. The summed E-state index contributed by atoms with van der Waals surface area (Å²) in [7, 11) is 1.56. The van der Waals surface area contributed by atoms with Gasteiger partial charge in [0.2, 0.25) is 0 Å². The molecule has 0 saturated carbocycles. The van der Waals surface area contributed by atoms with Crippen LogP contribution in [0.5, 0.6) is 0 Å². The lowest BCUT2D eigenvalue weighted by molar-refractivity contribution is 0.0199. The van der Waals surface area contributed by atoms with Crippen LogP contribution in [0.4, 0.5) is 8.78 Å². The van der Waals surface area contributed by atoms with E-state index >= 15 is 0 Å². The van der Waals surface area contributed by atoms with Crippen LogP contribution in [0.3, 0.4) is 0 Å². The van der Waals surface area contributed by atoms with Crippen LogP contribution in [-0.2, 0) is 0 Å². The quantitative estimate of drug-likeness (QED) is 0.498. The first-order chi connectivity index (χ1) is 12.5. The summed E-state index contributed by atoms with van der Waals surface area (Å²) in [6, 6.07) is 15.8. The number of carbonyl (C=O) groups is 1. The van der Waals surface area contributed by atoms with Crippen molar-refractivity contribution in [3.8, 4) is 11.1 Å². The Labute approximate surface area is 151 Å². The van der Waals surface area contributed by atoms with Gasteiger partial charge in [0.15, 0.2) is 0 Å². The van der Waals surface area contributed by atoms with E-state index in [9.17, 15) is 13.6 Å². The summed E-state index contributed by atoms with van der Waals surface area (Å²) in [5.41, 5.74) is 4.24. The molecular formula is C19H23F2N3O2. The number of nitrogens with zero attached hydrogens (tertiary/aromatic N) is 1. The Balaban J connectivity index is 2.24. The Hall–Kier alpha value is -2.35. The van der Waals surface area contributed by atoms with E-state index < -0.39 is 31.1 Å². The van der Waals surface area contributed by atoms with Crippen LogP contribution in [0.15, 0.2) is 54.6 Å². The van der Waals surface area contributed by atoms with Gasteiger partial charge in [-0.3, -0.25) is 4.79 Å². The maximum atomic E-state index is 13.0. The lowest BCUT2D eigenvalue weighted by Gasteiger charge is -2.33. The van der Waals surface area contributed by atoms with Gasteiger partial charge in [-0.15, -0.1) is 0 Å². The van der Waals surface area contributed by atoms with E-state index in [-0.39, 0.29) is 0 Å².